The fourth-order valence-electron chi connectivity index (χ4n) is 2.59. The van der Waals surface area contributed by atoms with Crippen LogP contribution in [0.2, 0.25) is 0 Å². The van der Waals surface area contributed by atoms with E-state index >= 15 is 0 Å². The van der Waals surface area contributed by atoms with E-state index in [9.17, 15) is 14.4 Å². The molecule has 0 aliphatic carbocycles. The second-order valence-electron chi connectivity index (χ2n) is 6.17. The molecule has 1 aromatic heterocycles. The largest absolute Gasteiger partial charge is 0.451 e. The lowest BCUT2D eigenvalue weighted by molar-refractivity contribution is 0.182. The van der Waals surface area contributed by atoms with Gasteiger partial charge in [-0.3, -0.25) is 0 Å². The maximum atomic E-state index is 13.4. The second-order valence-corrected chi connectivity index (χ2v) is 7.02. The van der Waals surface area contributed by atoms with Gasteiger partial charge in [-0.1, -0.05) is 22.8 Å². The molecule has 1 heterocycles. The molecule has 0 bridgehead atoms. The number of aryl methyl sites for hydroxylation is 1. The number of aliphatic imine (C=N–C) groups is 1. The van der Waals surface area contributed by atoms with Gasteiger partial charge in [-0.05, 0) is 58.0 Å². The Balaban J connectivity index is 1.89. The predicted molar refractivity (Wildman–Crippen MR) is 107 cm³/mol. The molecule has 1 aromatic carbocycles. The van der Waals surface area contributed by atoms with Crippen LogP contribution < -0.4 is 5.73 Å². The van der Waals surface area contributed by atoms with Gasteiger partial charge >= 0.3 is 6.09 Å². The van der Waals surface area contributed by atoms with Gasteiger partial charge in [-0.2, -0.15) is 4.99 Å². The van der Waals surface area contributed by atoms with E-state index in [0.717, 1.165) is 24.8 Å². The van der Waals surface area contributed by atoms with E-state index in [1.807, 2.05) is 0 Å². The molecular weight excluding hydrogens is 449 g/mol. The van der Waals surface area contributed by atoms with Gasteiger partial charge in [0.2, 0.25) is 0 Å². The Morgan fingerprint density at radius 2 is 2.14 bits per heavy atom. The first kappa shape index (κ1) is 22.5. The Kier molecular flexibility index (Phi) is 8.71. The number of hydrogen-bond acceptors (Lipinski definition) is 7. The van der Waals surface area contributed by atoms with Crippen LogP contribution in [-0.4, -0.2) is 40.3 Å². The minimum absolute atomic E-state index is 0.223. The van der Waals surface area contributed by atoms with Crippen molar-refractivity contribution < 1.29 is 23.8 Å². The number of rotatable bonds is 9. The number of halogens is 2. The standard InChI is InChI=1S/C18H21BrFN5O4/c1-28-18(26)22-16(21)6-4-2-3-5-14-17(25-29-24-14)15(23-27)10-11-7-8-13(20)12(19)9-11/h7-9,27H,2-6,10H2,1H3,(H2,21,22,26)/b23-15+. The maximum Gasteiger partial charge on any atom is 0.434 e. The summed E-state index contributed by atoms with van der Waals surface area (Å²) in [6, 6.07) is 4.53. The highest BCUT2D eigenvalue weighted by Gasteiger charge is 2.18. The molecule has 0 saturated carbocycles. The number of nitrogens with zero attached hydrogens (tertiary/aromatic N) is 4. The summed E-state index contributed by atoms with van der Waals surface area (Å²) < 4.78 is 22.9. The number of amides is 1. The molecule has 0 radical (unpaired) electrons. The second kappa shape index (κ2) is 11.2. The van der Waals surface area contributed by atoms with E-state index in [1.165, 1.54) is 13.2 Å². The average Bonchev–Trinajstić information content (AvgIpc) is 3.16. The van der Waals surface area contributed by atoms with Gasteiger partial charge in [0.25, 0.3) is 0 Å². The van der Waals surface area contributed by atoms with Crippen molar-refractivity contribution in [3.8, 4) is 0 Å². The molecule has 0 spiro atoms. The summed E-state index contributed by atoms with van der Waals surface area (Å²) in [5.41, 5.74) is 7.58. The lowest BCUT2D eigenvalue weighted by Crippen LogP contribution is -2.14. The molecule has 0 atom stereocenters. The highest BCUT2D eigenvalue weighted by molar-refractivity contribution is 9.10. The summed E-state index contributed by atoms with van der Waals surface area (Å²) in [4.78, 5) is 14.6. The van der Waals surface area contributed by atoms with E-state index in [1.54, 1.807) is 12.1 Å². The lowest BCUT2D eigenvalue weighted by Gasteiger charge is -2.05. The smallest absolute Gasteiger partial charge is 0.434 e. The molecule has 0 aliphatic rings. The molecule has 0 aliphatic heterocycles. The van der Waals surface area contributed by atoms with Crippen molar-refractivity contribution in [2.45, 2.75) is 38.5 Å². The van der Waals surface area contributed by atoms with E-state index < -0.39 is 6.09 Å². The SMILES string of the molecule is COC(=O)N=C(N)CCCCCc1nonc1/C(Cc1ccc(F)c(Br)c1)=N/O. The molecule has 9 nitrogen and oxygen atoms in total. The van der Waals surface area contributed by atoms with Crippen LogP contribution in [0.15, 0.2) is 37.4 Å². The first-order chi connectivity index (χ1) is 13.9. The van der Waals surface area contributed by atoms with Gasteiger partial charge < -0.3 is 15.7 Å². The van der Waals surface area contributed by atoms with Crippen molar-refractivity contribution in [2.75, 3.05) is 7.11 Å². The van der Waals surface area contributed by atoms with Gasteiger partial charge in [0, 0.05) is 12.8 Å². The molecular formula is C18H21BrFN5O4. The molecule has 0 fully saturated rings. The number of amidine groups is 1. The minimum atomic E-state index is -0.718. The monoisotopic (exact) mass is 469 g/mol. The topological polar surface area (TPSA) is 136 Å². The van der Waals surface area contributed by atoms with Crippen molar-refractivity contribution in [1.29, 1.82) is 0 Å². The number of ether oxygens (including phenoxy) is 1. The number of carbonyl (C=O) groups excluding carboxylic acids is 1. The van der Waals surface area contributed by atoms with Crippen molar-refractivity contribution in [2.24, 2.45) is 15.9 Å². The number of methoxy groups -OCH3 is 1. The van der Waals surface area contributed by atoms with Gasteiger partial charge in [-0.25, -0.2) is 13.8 Å². The lowest BCUT2D eigenvalue weighted by atomic mass is 10.0. The molecule has 2 rings (SSSR count). The van der Waals surface area contributed by atoms with Crippen molar-refractivity contribution in [1.82, 2.24) is 10.3 Å². The fourth-order valence-corrected chi connectivity index (χ4v) is 3.02. The van der Waals surface area contributed by atoms with E-state index in [4.69, 9.17) is 10.4 Å². The van der Waals surface area contributed by atoms with Crippen LogP contribution in [0.4, 0.5) is 9.18 Å². The Bertz CT molecular complexity index is 900. The predicted octanol–water partition coefficient (Wildman–Crippen LogP) is 3.62. The third kappa shape index (κ3) is 6.93. The zero-order valence-electron chi connectivity index (χ0n) is 15.8. The van der Waals surface area contributed by atoms with E-state index in [2.05, 4.69) is 41.1 Å². The summed E-state index contributed by atoms with van der Waals surface area (Å²) in [5, 5.41) is 20.4. The summed E-state index contributed by atoms with van der Waals surface area (Å²) in [5.74, 6) is -0.155. The number of aromatic nitrogens is 2. The number of carbonyl (C=O) groups is 1. The average molecular weight is 470 g/mol. The quantitative estimate of drug-likeness (QED) is 0.188. The van der Waals surface area contributed by atoms with Gasteiger partial charge in [0.1, 0.15) is 23.1 Å². The Labute approximate surface area is 174 Å². The first-order valence-electron chi connectivity index (χ1n) is 8.82. The zero-order valence-corrected chi connectivity index (χ0v) is 17.4. The van der Waals surface area contributed by atoms with Crippen LogP contribution in [0.3, 0.4) is 0 Å². The summed E-state index contributed by atoms with van der Waals surface area (Å²) >= 11 is 3.13. The fraction of sp³-hybridized carbons (Fsp3) is 0.389. The van der Waals surface area contributed by atoms with Crippen molar-refractivity contribution in [3.05, 3.63) is 45.4 Å². The number of benzene rings is 1. The molecule has 29 heavy (non-hydrogen) atoms. The zero-order chi connectivity index (χ0) is 21.2. The third-order valence-corrected chi connectivity index (χ3v) is 4.67. The van der Waals surface area contributed by atoms with Crippen LogP contribution in [0.1, 0.15) is 42.6 Å². The molecule has 3 N–H and O–H groups in total. The normalized spacial score (nSPS) is 12.2. The molecule has 0 saturated heterocycles. The van der Waals surface area contributed by atoms with Crippen LogP contribution >= 0.6 is 15.9 Å². The van der Waals surface area contributed by atoms with E-state index in [0.29, 0.717) is 28.7 Å². The summed E-state index contributed by atoms with van der Waals surface area (Å²) in [6.45, 7) is 0. The number of nitrogens with two attached hydrogens (primary N) is 1. The molecule has 2 aromatic rings. The highest BCUT2D eigenvalue weighted by atomic mass is 79.9. The number of hydrogen-bond donors (Lipinski definition) is 2. The van der Waals surface area contributed by atoms with E-state index in [-0.39, 0.29) is 23.8 Å². The molecule has 11 heteroatoms. The Morgan fingerprint density at radius 1 is 1.34 bits per heavy atom. The minimum Gasteiger partial charge on any atom is -0.451 e. The number of unbranched alkanes of at least 4 members (excludes halogenated alkanes) is 2. The van der Waals surface area contributed by atoms with Crippen LogP contribution in [0, 0.1) is 5.82 Å². The van der Waals surface area contributed by atoms with Crippen molar-refractivity contribution in [3.63, 3.8) is 0 Å². The highest BCUT2D eigenvalue weighted by Crippen LogP contribution is 2.19. The summed E-state index contributed by atoms with van der Waals surface area (Å²) in [6.07, 6.45) is 2.84. The van der Waals surface area contributed by atoms with Gasteiger partial charge in [0.15, 0.2) is 5.69 Å². The molecule has 156 valence electrons. The molecule has 0 unspecified atom stereocenters. The maximum absolute atomic E-state index is 13.4. The van der Waals surface area contributed by atoms with Crippen LogP contribution in [-0.2, 0) is 17.6 Å². The Morgan fingerprint density at radius 3 is 2.83 bits per heavy atom. The van der Waals surface area contributed by atoms with Gasteiger partial charge in [0.05, 0.1) is 11.6 Å². The van der Waals surface area contributed by atoms with Crippen molar-refractivity contribution >= 4 is 33.6 Å². The Hall–Kier alpha value is -2.82. The van der Waals surface area contributed by atoms with Crippen LogP contribution in [0.5, 0.6) is 0 Å². The molecule has 1 amide bonds. The number of oxime groups is 1. The van der Waals surface area contributed by atoms with Gasteiger partial charge in [-0.15, -0.1) is 0 Å². The third-order valence-electron chi connectivity index (χ3n) is 4.06. The summed E-state index contributed by atoms with van der Waals surface area (Å²) in [7, 11) is 1.24. The van der Waals surface area contributed by atoms with Crippen LogP contribution in [0.25, 0.3) is 0 Å². The first-order valence-corrected chi connectivity index (χ1v) is 9.61.